The minimum absolute atomic E-state index is 0.527. The van der Waals surface area contributed by atoms with Gasteiger partial charge in [0, 0.05) is 28.1 Å². The van der Waals surface area contributed by atoms with Gasteiger partial charge in [0.25, 0.3) is 0 Å². The largest absolute Gasteiger partial charge is 0.456 e. The fourth-order valence-corrected chi connectivity index (χ4v) is 11.5. The van der Waals surface area contributed by atoms with Gasteiger partial charge in [0.2, 0.25) is 0 Å². The molecule has 5 heteroatoms. The highest BCUT2D eigenvalue weighted by atomic mass is 16.3. The third kappa shape index (κ3) is 4.45. The van der Waals surface area contributed by atoms with Crippen molar-refractivity contribution in [2.45, 2.75) is 10.8 Å². The van der Waals surface area contributed by atoms with Crippen LogP contribution in [0.5, 0.6) is 0 Å². The van der Waals surface area contributed by atoms with Crippen LogP contribution in [0.15, 0.2) is 211 Å². The van der Waals surface area contributed by atoms with Crippen LogP contribution >= 0.6 is 0 Å². The third-order valence-electron chi connectivity index (χ3n) is 13.9. The van der Waals surface area contributed by atoms with E-state index in [0.717, 1.165) is 44.2 Å². The summed E-state index contributed by atoms with van der Waals surface area (Å²) in [5.74, 6) is 1.71. The Labute approximate surface area is 363 Å². The summed E-state index contributed by atoms with van der Waals surface area (Å²) in [7, 11) is 0. The van der Waals surface area contributed by atoms with Gasteiger partial charge >= 0.3 is 0 Å². The first-order valence-corrected chi connectivity index (χ1v) is 21.5. The van der Waals surface area contributed by atoms with Crippen molar-refractivity contribution in [3.63, 3.8) is 0 Å². The van der Waals surface area contributed by atoms with Gasteiger partial charge in [-0.05, 0) is 103 Å². The molecule has 2 spiro atoms. The van der Waals surface area contributed by atoms with Crippen LogP contribution in [0.4, 0.5) is 0 Å². The van der Waals surface area contributed by atoms with E-state index in [9.17, 15) is 0 Å². The summed E-state index contributed by atoms with van der Waals surface area (Å²) in [6.45, 7) is 0. The Balaban J connectivity index is 1.11. The Morgan fingerprint density at radius 2 is 0.841 bits per heavy atom. The first-order chi connectivity index (χ1) is 31.2. The van der Waals surface area contributed by atoms with Crippen LogP contribution in [0.1, 0.15) is 44.5 Å². The summed E-state index contributed by atoms with van der Waals surface area (Å²) in [5.41, 5.74) is 18.0. The Morgan fingerprint density at radius 3 is 1.51 bits per heavy atom. The Bertz CT molecular complexity index is 3550. The molecule has 8 aromatic carbocycles. The number of furan rings is 1. The highest BCUT2D eigenvalue weighted by Gasteiger charge is 2.59. The summed E-state index contributed by atoms with van der Waals surface area (Å²) in [5, 5.41) is 2.21. The fraction of sp³-hybridized carbons (Fsp3) is 0.0345. The first kappa shape index (κ1) is 34.4. The molecule has 3 heterocycles. The summed E-state index contributed by atoms with van der Waals surface area (Å²) in [6.07, 6.45) is 1.78. The predicted molar refractivity (Wildman–Crippen MR) is 249 cm³/mol. The van der Waals surface area contributed by atoms with Crippen molar-refractivity contribution >= 4 is 21.9 Å². The second-order valence-electron chi connectivity index (χ2n) is 16.8. The standard InChI is InChI=1S/C58H34N4O/c1-2-16-35(17-3-1)54-60-55(62-56(61-54)51-27-14-15-31-59-51)36-29-30-39-41-34-53-42(40-20-6-13-28-52(40)63-53)33-50(41)58(49(39)32-36)47-25-11-9-23-45(47)57(46-24-10-12-26-48(46)58)43-21-7-4-18-37(43)38-19-5-8-22-44(38)57/h1-34H. The smallest absolute Gasteiger partial charge is 0.182 e. The van der Waals surface area contributed by atoms with Gasteiger partial charge < -0.3 is 4.42 Å². The third-order valence-corrected chi connectivity index (χ3v) is 13.9. The highest BCUT2D eigenvalue weighted by molar-refractivity contribution is 6.08. The van der Waals surface area contributed by atoms with E-state index in [-0.39, 0.29) is 0 Å². The molecule has 0 bridgehead atoms. The van der Waals surface area contributed by atoms with Crippen LogP contribution < -0.4 is 0 Å². The molecule has 0 N–H and O–H groups in total. The average Bonchev–Trinajstić information content (AvgIpc) is 3.97. The lowest BCUT2D eigenvalue weighted by molar-refractivity contribution is 0.633. The molecule has 3 aliphatic carbocycles. The number of rotatable bonds is 3. The normalized spacial score (nSPS) is 14.3. The molecule has 14 rings (SSSR count). The lowest BCUT2D eigenvalue weighted by atomic mass is 9.52. The van der Waals surface area contributed by atoms with E-state index >= 15 is 0 Å². The van der Waals surface area contributed by atoms with Crippen LogP contribution in [-0.2, 0) is 10.8 Å². The van der Waals surface area contributed by atoms with E-state index in [1.54, 1.807) is 6.20 Å². The number of hydrogen-bond donors (Lipinski definition) is 0. The van der Waals surface area contributed by atoms with E-state index in [4.69, 9.17) is 19.4 Å². The van der Waals surface area contributed by atoms with Gasteiger partial charge in [-0.15, -0.1) is 0 Å². The molecular weight excluding hydrogens is 769 g/mol. The zero-order chi connectivity index (χ0) is 41.3. The molecule has 63 heavy (non-hydrogen) atoms. The molecule has 3 aromatic heterocycles. The molecule has 11 aromatic rings. The number of pyridine rings is 1. The monoisotopic (exact) mass is 802 g/mol. The molecule has 0 saturated carbocycles. The maximum absolute atomic E-state index is 6.63. The van der Waals surface area contributed by atoms with E-state index in [2.05, 4.69) is 151 Å². The van der Waals surface area contributed by atoms with Gasteiger partial charge in [0.05, 0.1) is 10.8 Å². The summed E-state index contributed by atoms with van der Waals surface area (Å²) < 4.78 is 6.63. The highest BCUT2D eigenvalue weighted by Crippen LogP contribution is 2.68. The zero-order valence-electron chi connectivity index (χ0n) is 33.8. The minimum atomic E-state index is -0.725. The molecule has 292 valence electrons. The van der Waals surface area contributed by atoms with Gasteiger partial charge in [-0.1, -0.05) is 164 Å². The van der Waals surface area contributed by atoms with Crippen LogP contribution in [0, 0.1) is 0 Å². The van der Waals surface area contributed by atoms with Gasteiger partial charge in [0.1, 0.15) is 16.9 Å². The predicted octanol–water partition coefficient (Wildman–Crippen LogP) is 13.2. The molecule has 0 unspecified atom stereocenters. The molecule has 0 aliphatic heterocycles. The van der Waals surface area contributed by atoms with E-state index in [0.29, 0.717) is 23.2 Å². The molecule has 3 aliphatic rings. The summed E-state index contributed by atoms with van der Waals surface area (Å²) in [4.78, 5) is 20.0. The molecule has 0 amide bonds. The molecular formula is C58H34N4O. The van der Waals surface area contributed by atoms with Gasteiger partial charge in [-0.3, -0.25) is 4.98 Å². The fourth-order valence-electron chi connectivity index (χ4n) is 11.5. The average molecular weight is 803 g/mol. The van der Waals surface area contributed by atoms with Crippen LogP contribution in [0.25, 0.3) is 78.5 Å². The quantitative estimate of drug-likeness (QED) is 0.178. The number of aromatic nitrogens is 4. The van der Waals surface area contributed by atoms with Crippen LogP contribution in [0.2, 0.25) is 0 Å². The van der Waals surface area contributed by atoms with Crippen molar-refractivity contribution in [3.8, 4) is 56.5 Å². The first-order valence-electron chi connectivity index (χ1n) is 21.5. The lowest BCUT2D eigenvalue weighted by Gasteiger charge is -2.48. The molecule has 0 saturated heterocycles. The maximum atomic E-state index is 6.63. The van der Waals surface area contributed by atoms with Crippen LogP contribution in [-0.4, -0.2) is 19.9 Å². The summed E-state index contributed by atoms with van der Waals surface area (Å²) in [6, 6.07) is 72.3. The second kappa shape index (κ2) is 12.6. The number of fused-ring (bicyclic) bond motifs is 19. The number of para-hydroxylation sites is 1. The summed E-state index contributed by atoms with van der Waals surface area (Å²) >= 11 is 0. The zero-order valence-corrected chi connectivity index (χ0v) is 33.8. The molecule has 0 atom stereocenters. The second-order valence-corrected chi connectivity index (χ2v) is 16.8. The lowest BCUT2D eigenvalue weighted by Crippen LogP contribution is -2.43. The van der Waals surface area contributed by atoms with Crippen molar-refractivity contribution in [1.29, 1.82) is 0 Å². The Morgan fingerprint density at radius 1 is 0.317 bits per heavy atom. The topological polar surface area (TPSA) is 64.7 Å². The SMILES string of the molecule is c1ccc(-c2nc(-c3ccc4c(c3)C3(c5cc6c(cc5-4)oc4ccccc46)c4ccccc4C4(c5ccccc5-c5ccccc54)c4ccccc43)nc(-c3ccccn3)n2)cc1. The van der Waals surface area contributed by atoms with Crippen molar-refractivity contribution in [2.24, 2.45) is 0 Å². The Kier molecular flexibility index (Phi) is 6.90. The minimum Gasteiger partial charge on any atom is -0.456 e. The number of hydrogen-bond acceptors (Lipinski definition) is 5. The van der Waals surface area contributed by atoms with Crippen molar-refractivity contribution in [2.75, 3.05) is 0 Å². The molecule has 5 nitrogen and oxygen atoms in total. The van der Waals surface area contributed by atoms with Crippen molar-refractivity contribution < 1.29 is 4.42 Å². The van der Waals surface area contributed by atoms with E-state index in [1.165, 1.54) is 55.6 Å². The molecule has 0 radical (unpaired) electrons. The molecule has 0 fully saturated rings. The number of nitrogens with zero attached hydrogens (tertiary/aromatic N) is 4. The Hall–Kier alpha value is -8.28. The van der Waals surface area contributed by atoms with Gasteiger partial charge in [-0.25, -0.2) is 15.0 Å². The van der Waals surface area contributed by atoms with E-state index in [1.807, 2.05) is 54.6 Å². The van der Waals surface area contributed by atoms with Crippen molar-refractivity contribution in [3.05, 3.63) is 251 Å². The van der Waals surface area contributed by atoms with Crippen LogP contribution in [0.3, 0.4) is 0 Å². The maximum Gasteiger partial charge on any atom is 0.182 e. The van der Waals surface area contributed by atoms with E-state index < -0.39 is 10.8 Å². The number of benzene rings is 8. The van der Waals surface area contributed by atoms with Gasteiger partial charge in [-0.2, -0.15) is 0 Å². The van der Waals surface area contributed by atoms with Crippen molar-refractivity contribution in [1.82, 2.24) is 19.9 Å². The van der Waals surface area contributed by atoms with Gasteiger partial charge in [0.15, 0.2) is 17.5 Å².